The fraction of sp³-hybridized carbons (Fsp3) is 0.500. The number of hydrogen-bond acceptors (Lipinski definition) is 10. The molecule has 13 nitrogen and oxygen atoms in total. The first-order valence-corrected chi connectivity index (χ1v) is 18.2. The van der Waals surface area contributed by atoms with Crippen molar-refractivity contribution >= 4 is 41.2 Å². The van der Waals surface area contributed by atoms with Gasteiger partial charge in [-0.1, -0.05) is 78.7 Å². The number of carbonyl (C=O) groups excluding carboxylic acids is 4. The van der Waals surface area contributed by atoms with Crippen molar-refractivity contribution < 1.29 is 48.0 Å². The number of rotatable bonds is 5. The van der Waals surface area contributed by atoms with E-state index in [1.54, 1.807) is 45.2 Å². The molecule has 54 heavy (non-hydrogen) atoms. The second-order valence-corrected chi connectivity index (χ2v) is 14.6. The molecule has 4 bridgehead atoms. The molecule has 3 amide bonds. The highest BCUT2D eigenvalue weighted by molar-refractivity contribution is 6.35. The van der Waals surface area contributed by atoms with Gasteiger partial charge >= 0.3 is 12.1 Å². The summed E-state index contributed by atoms with van der Waals surface area (Å²) in [6, 6.07) is 14.6. The van der Waals surface area contributed by atoms with Crippen LogP contribution in [0.1, 0.15) is 53.0 Å². The molecule has 2 fully saturated rings. The van der Waals surface area contributed by atoms with E-state index in [0.717, 1.165) is 11.1 Å². The van der Waals surface area contributed by atoms with Crippen molar-refractivity contribution in [1.29, 1.82) is 0 Å². The van der Waals surface area contributed by atoms with Gasteiger partial charge < -0.3 is 38.6 Å². The lowest BCUT2D eigenvalue weighted by molar-refractivity contribution is -0.161. The molecule has 8 atom stereocenters. The molecule has 14 heteroatoms. The summed E-state index contributed by atoms with van der Waals surface area (Å²) in [5, 5.41) is 14.4. The molecule has 2 saturated heterocycles. The molecule has 294 valence electrons. The Morgan fingerprint density at radius 3 is 2.33 bits per heavy atom. The quantitative estimate of drug-likeness (QED) is 0.306. The van der Waals surface area contributed by atoms with Crippen molar-refractivity contribution in [3.05, 3.63) is 82.9 Å². The zero-order valence-corrected chi connectivity index (χ0v) is 33.1. The number of amides is 3. The Hall–Kier alpha value is -4.43. The van der Waals surface area contributed by atoms with Crippen LogP contribution in [0, 0.1) is 5.92 Å². The molecule has 3 aliphatic rings. The molecule has 2 N–H and O–H groups in total. The number of epoxide rings is 1. The van der Waals surface area contributed by atoms with E-state index in [-0.39, 0.29) is 23.8 Å². The predicted molar refractivity (Wildman–Crippen MR) is 203 cm³/mol. The summed E-state index contributed by atoms with van der Waals surface area (Å²) in [6.07, 6.45) is 1.02. The van der Waals surface area contributed by atoms with E-state index in [1.165, 1.54) is 44.9 Å². The van der Waals surface area contributed by atoms with Crippen LogP contribution in [0.3, 0.4) is 0 Å². The molecule has 2 aromatic rings. The molecule has 5 rings (SSSR count). The first-order valence-electron chi connectivity index (χ1n) is 17.8. The van der Waals surface area contributed by atoms with Crippen LogP contribution in [0.5, 0.6) is 5.75 Å². The fourth-order valence-electron chi connectivity index (χ4n) is 6.66. The zero-order valence-electron chi connectivity index (χ0n) is 32.3. The van der Waals surface area contributed by atoms with E-state index in [2.05, 4.69) is 5.32 Å². The van der Waals surface area contributed by atoms with E-state index >= 15 is 0 Å². The van der Waals surface area contributed by atoms with Crippen molar-refractivity contribution in [2.45, 2.75) is 95.7 Å². The highest BCUT2D eigenvalue weighted by Crippen LogP contribution is 2.49. The molecule has 2 aromatic carbocycles. The SMILES string of the molecule is COc1cc2cc(c1Cl)N(C)C(=O)C[C@H](OC(=O)[C@H](C)N(C)C(C)=O)[C@]1(C)O[C@H]1[C@H](C)[C@@H]1C[C@@](O)(NC(=O)O1)[C@H](OC)/C=C\C=C(\C)C2.c1ccccc1. The van der Waals surface area contributed by atoms with Crippen LogP contribution < -0.4 is 15.0 Å². The monoisotopic (exact) mass is 769 g/mol. The standard InChI is InChI=1S/C34H46ClN3O10.C6H6/c1-18-11-10-12-26(45-9)34(43)17-25(46-32(42)36-34)19(2)30-33(5,48-30)27(47-31(41)20(3)37(6)21(4)39)16-28(40)38(7)23-14-22(13-18)15-24(44-8)29(23)35;1-2-4-6-5-3-1/h10-12,14-15,19-20,25-27,30,43H,13,16-17H2,1-9H3,(H,36,42);1-6H/b12-10-,18-11-;/t19-,20+,25+,26-,27+,30+,33+,34+;/m1./s1. The summed E-state index contributed by atoms with van der Waals surface area (Å²) < 4.78 is 28.9. The van der Waals surface area contributed by atoms with Crippen LogP contribution >= 0.6 is 11.6 Å². The molecule has 0 radical (unpaired) electrons. The molecule has 0 spiro atoms. The lowest BCUT2D eigenvalue weighted by atomic mass is 9.83. The normalized spacial score (nSPS) is 30.4. The Labute approximate surface area is 322 Å². The Balaban J connectivity index is 0.000000983. The first kappa shape index (κ1) is 42.3. The summed E-state index contributed by atoms with van der Waals surface area (Å²) in [4.78, 5) is 54.7. The summed E-state index contributed by atoms with van der Waals surface area (Å²) in [7, 11) is 5.97. The number of likely N-dealkylation sites (N-methyl/N-ethyl adjacent to an activating group) is 1. The van der Waals surface area contributed by atoms with E-state index in [9.17, 15) is 24.3 Å². The maximum atomic E-state index is 14.0. The van der Waals surface area contributed by atoms with E-state index in [4.69, 9.17) is 35.3 Å². The van der Waals surface area contributed by atoms with Gasteiger partial charge in [-0.25, -0.2) is 9.59 Å². The van der Waals surface area contributed by atoms with Crippen molar-refractivity contribution in [2.75, 3.05) is 33.2 Å². The fourth-order valence-corrected chi connectivity index (χ4v) is 6.97. The Bertz CT molecular complexity index is 1710. The van der Waals surface area contributed by atoms with Crippen LogP contribution in [-0.2, 0) is 39.8 Å². The summed E-state index contributed by atoms with van der Waals surface area (Å²) >= 11 is 6.71. The number of esters is 1. The minimum absolute atomic E-state index is 0.0436. The molecular weight excluding hydrogens is 718 g/mol. The highest BCUT2D eigenvalue weighted by atomic mass is 35.5. The highest BCUT2D eigenvalue weighted by Gasteiger charge is 2.64. The van der Waals surface area contributed by atoms with Gasteiger partial charge in [0, 0.05) is 40.5 Å². The molecule has 3 aliphatic heterocycles. The Morgan fingerprint density at radius 1 is 1.13 bits per heavy atom. The second kappa shape index (κ2) is 17.8. The second-order valence-electron chi connectivity index (χ2n) is 14.2. The molecule has 0 saturated carbocycles. The van der Waals surface area contributed by atoms with Crippen molar-refractivity contribution in [2.24, 2.45) is 5.92 Å². The van der Waals surface area contributed by atoms with Crippen LogP contribution in [0.25, 0.3) is 0 Å². The van der Waals surface area contributed by atoms with E-state index in [0.29, 0.717) is 17.9 Å². The lowest BCUT2D eigenvalue weighted by Crippen LogP contribution is -2.63. The average molecular weight is 770 g/mol. The summed E-state index contributed by atoms with van der Waals surface area (Å²) in [5.41, 5.74) is -0.871. The van der Waals surface area contributed by atoms with Gasteiger partial charge in [0.1, 0.15) is 40.7 Å². The Morgan fingerprint density at radius 2 is 1.76 bits per heavy atom. The van der Waals surface area contributed by atoms with Gasteiger partial charge in [-0.2, -0.15) is 0 Å². The number of fused-ring (bicyclic) bond motifs is 5. The van der Waals surface area contributed by atoms with Crippen LogP contribution in [0.15, 0.2) is 72.3 Å². The smallest absolute Gasteiger partial charge is 0.409 e. The minimum atomic E-state index is -1.81. The van der Waals surface area contributed by atoms with Gasteiger partial charge in [0.15, 0.2) is 5.72 Å². The van der Waals surface area contributed by atoms with Gasteiger partial charge in [0.2, 0.25) is 11.8 Å². The van der Waals surface area contributed by atoms with Crippen LogP contribution in [-0.4, -0.2) is 104 Å². The predicted octanol–water partition coefficient (Wildman–Crippen LogP) is 5.22. The molecule has 0 aromatic heterocycles. The third kappa shape index (κ3) is 9.81. The number of hydrogen-bond donors (Lipinski definition) is 2. The summed E-state index contributed by atoms with van der Waals surface area (Å²) in [5.74, 6) is -1.63. The zero-order chi connectivity index (χ0) is 40.0. The van der Waals surface area contributed by atoms with Gasteiger partial charge in [0.25, 0.3) is 0 Å². The first-order chi connectivity index (χ1) is 25.4. The molecular formula is C40H52ClN3O10. The van der Waals surface area contributed by atoms with E-state index < -0.39 is 65.7 Å². The number of halogens is 1. The van der Waals surface area contributed by atoms with Gasteiger partial charge in [-0.05, 0) is 44.9 Å². The molecule has 0 unspecified atom stereocenters. The number of benzene rings is 2. The van der Waals surface area contributed by atoms with E-state index in [1.807, 2.05) is 49.4 Å². The number of aliphatic hydroxyl groups is 1. The number of methoxy groups -OCH3 is 2. The van der Waals surface area contributed by atoms with Crippen LogP contribution in [0.2, 0.25) is 5.02 Å². The third-order valence-corrected chi connectivity index (χ3v) is 10.7. The summed E-state index contributed by atoms with van der Waals surface area (Å²) in [6.45, 7) is 8.29. The number of anilines is 1. The van der Waals surface area contributed by atoms with Crippen molar-refractivity contribution in [3.8, 4) is 5.75 Å². The number of carbonyl (C=O) groups is 4. The molecule has 3 heterocycles. The largest absolute Gasteiger partial charge is 0.495 e. The Kier molecular flexibility index (Phi) is 14.0. The van der Waals surface area contributed by atoms with Crippen LogP contribution in [0.4, 0.5) is 10.5 Å². The van der Waals surface area contributed by atoms with Crippen molar-refractivity contribution in [3.63, 3.8) is 0 Å². The lowest BCUT2D eigenvalue weighted by Gasteiger charge is -2.42. The number of ether oxygens (including phenoxy) is 5. The minimum Gasteiger partial charge on any atom is -0.495 e. The molecule has 0 aliphatic carbocycles. The number of alkyl carbamates (subject to hydrolysis) is 1. The topological polar surface area (TPSA) is 156 Å². The number of nitrogens with zero attached hydrogens (tertiary/aromatic N) is 2. The number of nitrogens with one attached hydrogen (secondary N) is 1. The van der Waals surface area contributed by atoms with Gasteiger partial charge in [-0.15, -0.1) is 0 Å². The maximum absolute atomic E-state index is 14.0. The van der Waals surface area contributed by atoms with Crippen molar-refractivity contribution in [1.82, 2.24) is 10.2 Å². The van der Waals surface area contributed by atoms with Gasteiger partial charge in [-0.3, -0.25) is 14.9 Å². The average Bonchev–Trinajstić information content (AvgIpc) is 3.84. The van der Waals surface area contributed by atoms with Gasteiger partial charge in [0.05, 0.1) is 25.3 Å². The maximum Gasteiger partial charge on any atom is 0.409 e. The third-order valence-electron chi connectivity index (χ3n) is 10.3. The number of allylic oxidation sites excluding steroid dienone is 3.